The lowest BCUT2D eigenvalue weighted by molar-refractivity contribution is -0.187. The van der Waals surface area contributed by atoms with Crippen molar-refractivity contribution in [1.29, 1.82) is 0 Å². The van der Waals surface area contributed by atoms with Crippen LogP contribution in [0.15, 0.2) is 0 Å². The van der Waals surface area contributed by atoms with Gasteiger partial charge in [0.15, 0.2) is 0 Å². The average molecular weight is 170 g/mol. The normalized spacial score (nSPS) is 29.1. The highest BCUT2D eigenvalue weighted by Gasteiger charge is 2.56. The lowest BCUT2D eigenvalue weighted by Gasteiger charge is -2.58. The van der Waals surface area contributed by atoms with Crippen molar-refractivity contribution in [2.24, 2.45) is 16.9 Å². The van der Waals surface area contributed by atoms with Crippen molar-refractivity contribution >= 4 is 5.91 Å². The van der Waals surface area contributed by atoms with Crippen molar-refractivity contribution in [2.45, 2.75) is 24.8 Å². The molecule has 1 aliphatic carbocycles. The minimum Gasteiger partial charge on any atom is -0.380 e. The number of ether oxygens (including phenoxy) is 1. The first-order valence-corrected chi connectivity index (χ1v) is 4.19. The summed E-state index contributed by atoms with van der Waals surface area (Å²) in [5.74, 6) is -0.299. The highest BCUT2D eigenvalue weighted by Crippen LogP contribution is 2.52. The molecular weight excluding hydrogens is 156 g/mol. The number of primary amides is 1. The maximum atomic E-state index is 10.6. The summed E-state index contributed by atoms with van der Waals surface area (Å²) < 4.78 is 5.11. The molecule has 0 bridgehead atoms. The van der Waals surface area contributed by atoms with Crippen LogP contribution in [0.5, 0.6) is 0 Å². The summed E-state index contributed by atoms with van der Waals surface area (Å²) >= 11 is 0. The largest absolute Gasteiger partial charge is 0.380 e. The molecule has 1 aliphatic heterocycles. The Kier molecular flexibility index (Phi) is 1.47. The molecule has 0 unspecified atom stereocenters. The van der Waals surface area contributed by atoms with Gasteiger partial charge in [-0.05, 0) is 12.8 Å². The van der Waals surface area contributed by atoms with E-state index in [1.165, 1.54) is 0 Å². The molecule has 68 valence electrons. The third-order valence-electron chi connectivity index (χ3n) is 2.80. The lowest BCUT2D eigenvalue weighted by atomic mass is 9.55. The van der Waals surface area contributed by atoms with Crippen LogP contribution in [0.4, 0.5) is 0 Å². The van der Waals surface area contributed by atoms with Crippen molar-refractivity contribution in [2.75, 3.05) is 13.2 Å². The summed E-state index contributed by atoms with van der Waals surface area (Å²) in [5, 5.41) is 0. The molecule has 1 heterocycles. The first kappa shape index (κ1) is 8.01. The number of carbonyl (C=O) groups excluding carboxylic acids is 1. The molecule has 0 radical (unpaired) electrons. The van der Waals surface area contributed by atoms with Gasteiger partial charge in [0.1, 0.15) is 0 Å². The summed E-state index contributed by atoms with van der Waals surface area (Å²) in [7, 11) is 0. The highest BCUT2D eigenvalue weighted by atomic mass is 16.5. The first-order chi connectivity index (χ1) is 5.54. The van der Waals surface area contributed by atoms with Gasteiger partial charge in [0.25, 0.3) is 0 Å². The molecule has 0 atom stereocenters. The van der Waals surface area contributed by atoms with Crippen LogP contribution in [0, 0.1) is 5.41 Å². The fourth-order valence-electron chi connectivity index (χ4n) is 2.51. The van der Waals surface area contributed by atoms with E-state index in [0.29, 0.717) is 11.8 Å². The van der Waals surface area contributed by atoms with Gasteiger partial charge in [-0.2, -0.15) is 0 Å². The lowest BCUT2D eigenvalue weighted by Crippen LogP contribution is -2.66. The first-order valence-electron chi connectivity index (χ1n) is 4.19. The second kappa shape index (κ2) is 2.20. The zero-order valence-electron chi connectivity index (χ0n) is 7.01. The molecule has 1 spiro atoms. The third-order valence-corrected chi connectivity index (χ3v) is 2.80. The van der Waals surface area contributed by atoms with Crippen molar-refractivity contribution in [3.8, 4) is 0 Å². The van der Waals surface area contributed by atoms with Gasteiger partial charge < -0.3 is 16.2 Å². The Bertz CT molecular complexity index is 215. The quantitative estimate of drug-likeness (QED) is 0.579. The van der Waals surface area contributed by atoms with E-state index in [9.17, 15) is 4.79 Å². The molecule has 0 aromatic heterocycles. The number of nitrogens with two attached hydrogens (primary N) is 2. The van der Waals surface area contributed by atoms with E-state index in [-0.39, 0.29) is 11.4 Å². The molecule has 0 aromatic carbocycles. The van der Waals surface area contributed by atoms with Gasteiger partial charge in [0.05, 0.1) is 13.2 Å². The Morgan fingerprint density at radius 2 is 2.00 bits per heavy atom. The Morgan fingerprint density at radius 3 is 2.33 bits per heavy atom. The van der Waals surface area contributed by atoms with Crippen LogP contribution < -0.4 is 11.5 Å². The summed E-state index contributed by atoms with van der Waals surface area (Å²) in [6.45, 7) is 1.62. The minimum atomic E-state index is -0.324. The fraction of sp³-hybridized carbons (Fsp3) is 0.875. The molecule has 1 amide bonds. The van der Waals surface area contributed by atoms with Crippen LogP contribution in [0.25, 0.3) is 0 Å². The molecule has 4 nitrogen and oxygen atoms in total. The molecule has 1 saturated carbocycles. The van der Waals surface area contributed by atoms with Gasteiger partial charge in [-0.25, -0.2) is 0 Å². The van der Waals surface area contributed by atoms with Gasteiger partial charge in [-0.1, -0.05) is 0 Å². The van der Waals surface area contributed by atoms with E-state index < -0.39 is 0 Å². The van der Waals surface area contributed by atoms with E-state index in [0.717, 1.165) is 26.1 Å². The van der Waals surface area contributed by atoms with E-state index in [2.05, 4.69) is 0 Å². The van der Waals surface area contributed by atoms with Crippen LogP contribution in [0.2, 0.25) is 0 Å². The number of hydrogen-bond acceptors (Lipinski definition) is 3. The van der Waals surface area contributed by atoms with Crippen molar-refractivity contribution in [3.63, 3.8) is 0 Å². The van der Waals surface area contributed by atoms with Gasteiger partial charge >= 0.3 is 0 Å². The second-order valence-electron chi connectivity index (χ2n) is 4.35. The van der Waals surface area contributed by atoms with Crippen LogP contribution >= 0.6 is 0 Å². The monoisotopic (exact) mass is 170 g/mol. The summed E-state index contributed by atoms with van der Waals surface area (Å²) in [6.07, 6.45) is 2.10. The van der Waals surface area contributed by atoms with E-state index in [1.54, 1.807) is 0 Å². The Labute approximate surface area is 71.2 Å². The Hall–Kier alpha value is -0.610. The predicted octanol–water partition coefficient (Wildman–Crippen LogP) is -0.630. The topological polar surface area (TPSA) is 78.3 Å². The Morgan fingerprint density at radius 1 is 1.42 bits per heavy atom. The molecule has 4 heteroatoms. The van der Waals surface area contributed by atoms with Crippen LogP contribution in [0.1, 0.15) is 19.3 Å². The maximum Gasteiger partial charge on any atom is 0.219 e. The van der Waals surface area contributed by atoms with Gasteiger partial charge in [-0.3, -0.25) is 4.79 Å². The number of rotatable bonds is 2. The molecule has 2 rings (SSSR count). The highest BCUT2D eigenvalue weighted by molar-refractivity contribution is 5.75. The zero-order valence-corrected chi connectivity index (χ0v) is 7.01. The smallest absolute Gasteiger partial charge is 0.219 e. The van der Waals surface area contributed by atoms with Crippen LogP contribution in [0.3, 0.4) is 0 Å². The van der Waals surface area contributed by atoms with E-state index in [4.69, 9.17) is 16.2 Å². The van der Waals surface area contributed by atoms with Crippen molar-refractivity contribution in [3.05, 3.63) is 0 Å². The molecule has 0 aromatic rings. The average Bonchev–Trinajstić information content (AvgIpc) is 1.76. The molecule has 12 heavy (non-hydrogen) atoms. The van der Waals surface area contributed by atoms with Crippen LogP contribution in [-0.4, -0.2) is 24.7 Å². The van der Waals surface area contributed by atoms with Crippen molar-refractivity contribution < 1.29 is 9.53 Å². The molecule has 4 N–H and O–H groups in total. The number of hydrogen-bond donors (Lipinski definition) is 2. The Balaban J connectivity index is 1.88. The predicted molar refractivity (Wildman–Crippen MR) is 43.2 cm³/mol. The fourth-order valence-corrected chi connectivity index (χ4v) is 2.51. The van der Waals surface area contributed by atoms with E-state index >= 15 is 0 Å². The molecular formula is C8H14N2O2. The number of carbonyl (C=O) groups is 1. The van der Waals surface area contributed by atoms with Gasteiger partial charge in [0.2, 0.25) is 5.91 Å². The van der Waals surface area contributed by atoms with Crippen molar-refractivity contribution in [1.82, 2.24) is 0 Å². The summed E-state index contributed by atoms with van der Waals surface area (Å²) in [5.41, 5.74) is 11.0. The SMILES string of the molecule is NC(=O)CC1(N)CC2(COC2)C1. The summed E-state index contributed by atoms with van der Waals surface area (Å²) in [4.78, 5) is 10.6. The number of amides is 1. The van der Waals surface area contributed by atoms with Gasteiger partial charge in [-0.15, -0.1) is 0 Å². The standard InChI is InChI=1S/C8H14N2O2/c9-6(11)1-8(10)2-7(3-8)4-12-5-7/h1-5,10H2,(H2,9,11). The minimum absolute atomic E-state index is 0.299. The molecule has 1 saturated heterocycles. The molecule has 2 fully saturated rings. The summed E-state index contributed by atoms with van der Waals surface area (Å²) in [6, 6.07) is 0. The third kappa shape index (κ3) is 1.11. The second-order valence-corrected chi connectivity index (χ2v) is 4.35. The molecule has 2 aliphatic rings. The maximum absolute atomic E-state index is 10.6. The zero-order chi connectivity index (χ0) is 8.82. The van der Waals surface area contributed by atoms with E-state index in [1.807, 2.05) is 0 Å². The van der Waals surface area contributed by atoms with Crippen LogP contribution in [-0.2, 0) is 9.53 Å². The van der Waals surface area contributed by atoms with Gasteiger partial charge in [0, 0.05) is 17.4 Å².